The molecule has 0 radical (unpaired) electrons. The van der Waals surface area contributed by atoms with Crippen LogP contribution >= 0.6 is 72.6 Å². The molecular formula is C12H14Br3Cl2F3N2O. The number of aromatic hydroxyl groups is 1. The van der Waals surface area contributed by atoms with Gasteiger partial charge >= 0.3 is 6.18 Å². The first-order chi connectivity index (χ1) is 9.73. The van der Waals surface area contributed by atoms with Gasteiger partial charge in [-0.15, -0.1) is 24.8 Å². The van der Waals surface area contributed by atoms with Gasteiger partial charge in [0.15, 0.2) is 0 Å². The highest BCUT2D eigenvalue weighted by Crippen LogP contribution is 2.48. The highest BCUT2D eigenvalue weighted by molar-refractivity contribution is 9.11. The average Bonchev–Trinajstić information content (AvgIpc) is 2.40. The molecule has 0 bridgehead atoms. The predicted molar refractivity (Wildman–Crippen MR) is 98.9 cm³/mol. The number of halogens is 8. The molecule has 3 nitrogen and oxygen atoms in total. The van der Waals surface area contributed by atoms with Crippen LogP contribution in [0.1, 0.15) is 11.6 Å². The SMILES string of the molecule is Cl.Cl.Oc1c(Br)cc(Br)c([C@@H](N2CCNCC2)C(F)(F)F)c1Br. The van der Waals surface area contributed by atoms with E-state index in [1.54, 1.807) is 0 Å². The molecule has 23 heavy (non-hydrogen) atoms. The summed E-state index contributed by atoms with van der Waals surface area (Å²) in [7, 11) is 0. The fourth-order valence-electron chi connectivity index (χ4n) is 2.34. The molecule has 2 N–H and O–H groups in total. The van der Waals surface area contributed by atoms with Gasteiger partial charge in [0.25, 0.3) is 0 Å². The number of alkyl halides is 3. The molecule has 1 aromatic carbocycles. The molecule has 0 aromatic heterocycles. The zero-order valence-electron chi connectivity index (χ0n) is 11.5. The molecular weight excluding hydrogens is 556 g/mol. The van der Waals surface area contributed by atoms with Crippen molar-refractivity contribution >= 4 is 72.6 Å². The van der Waals surface area contributed by atoms with Crippen LogP contribution in [0.4, 0.5) is 13.2 Å². The Hall–Kier alpha value is 0.750. The summed E-state index contributed by atoms with van der Waals surface area (Å²) in [6.07, 6.45) is -4.44. The summed E-state index contributed by atoms with van der Waals surface area (Å²) < 4.78 is 41.4. The van der Waals surface area contributed by atoms with Crippen molar-refractivity contribution in [2.24, 2.45) is 0 Å². The van der Waals surface area contributed by atoms with Gasteiger partial charge in [0, 0.05) is 36.2 Å². The Kier molecular flexibility index (Phi) is 9.76. The monoisotopic (exact) mass is 566 g/mol. The van der Waals surface area contributed by atoms with Gasteiger partial charge in [-0.1, -0.05) is 15.9 Å². The second-order valence-corrected chi connectivity index (χ2v) is 7.15. The fraction of sp³-hybridized carbons (Fsp3) is 0.500. The third-order valence-corrected chi connectivity index (χ3v) is 5.34. The van der Waals surface area contributed by atoms with E-state index in [2.05, 4.69) is 53.1 Å². The quantitative estimate of drug-likeness (QED) is 0.525. The number of hydrogen-bond donors (Lipinski definition) is 2. The van der Waals surface area contributed by atoms with Crippen LogP contribution in [0.3, 0.4) is 0 Å². The molecule has 1 saturated heterocycles. The lowest BCUT2D eigenvalue weighted by atomic mass is 10.0. The van der Waals surface area contributed by atoms with Crippen molar-refractivity contribution in [1.82, 2.24) is 10.2 Å². The van der Waals surface area contributed by atoms with Crippen LogP contribution in [0.25, 0.3) is 0 Å². The third-order valence-electron chi connectivity index (χ3n) is 3.28. The van der Waals surface area contributed by atoms with Gasteiger partial charge in [0.05, 0.1) is 8.95 Å². The van der Waals surface area contributed by atoms with Crippen molar-refractivity contribution < 1.29 is 18.3 Å². The lowest BCUT2D eigenvalue weighted by Crippen LogP contribution is -2.49. The fourth-order valence-corrected chi connectivity index (χ4v) is 4.89. The molecule has 0 aliphatic carbocycles. The summed E-state index contributed by atoms with van der Waals surface area (Å²) in [5.41, 5.74) is -0.00917. The normalized spacial score (nSPS) is 17.1. The highest BCUT2D eigenvalue weighted by atomic mass is 79.9. The van der Waals surface area contributed by atoms with E-state index in [0.29, 0.717) is 35.1 Å². The molecule has 0 spiro atoms. The number of nitrogens with one attached hydrogen (secondary N) is 1. The number of phenols is 1. The number of piperazine rings is 1. The molecule has 1 aliphatic rings. The van der Waals surface area contributed by atoms with E-state index in [1.165, 1.54) is 11.0 Å². The summed E-state index contributed by atoms with van der Waals surface area (Å²) in [5, 5.41) is 12.9. The Morgan fingerprint density at radius 3 is 2.09 bits per heavy atom. The van der Waals surface area contributed by atoms with E-state index in [9.17, 15) is 18.3 Å². The van der Waals surface area contributed by atoms with Crippen molar-refractivity contribution in [2.75, 3.05) is 26.2 Å². The van der Waals surface area contributed by atoms with E-state index in [1.807, 2.05) is 0 Å². The summed E-state index contributed by atoms with van der Waals surface area (Å²) in [6, 6.07) is -0.349. The zero-order chi connectivity index (χ0) is 15.8. The number of benzene rings is 1. The van der Waals surface area contributed by atoms with Gasteiger partial charge in [0.1, 0.15) is 11.8 Å². The van der Waals surface area contributed by atoms with Crippen molar-refractivity contribution in [2.45, 2.75) is 12.2 Å². The van der Waals surface area contributed by atoms with Crippen LogP contribution < -0.4 is 5.32 Å². The van der Waals surface area contributed by atoms with Gasteiger partial charge < -0.3 is 10.4 Å². The minimum absolute atomic E-state index is 0. The topological polar surface area (TPSA) is 35.5 Å². The molecule has 1 atom stereocenters. The van der Waals surface area contributed by atoms with Crippen LogP contribution in [0.15, 0.2) is 19.5 Å². The maximum absolute atomic E-state index is 13.6. The average molecular weight is 570 g/mol. The van der Waals surface area contributed by atoms with Crippen molar-refractivity contribution in [3.63, 3.8) is 0 Å². The second kappa shape index (κ2) is 9.45. The van der Waals surface area contributed by atoms with Crippen LogP contribution in [0.2, 0.25) is 0 Å². The third kappa shape index (κ3) is 5.36. The number of nitrogens with zero attached hydrogens (tertiary/aromatic N) is 1. The minimum Gasteiger partial charge on any atom is -0.506 e. The molecule has 0 saturated carbocycles. The number of hydrogen-bond acceptors (Lipinski definition) is 3. The van der Waals surface area contributed by atoms with Crippen LogP contribution in [0.5, 0.6) is 5.75 Å². The van der Waals surface area contributed by atoms with Gasteiger partial charge in [-0.3, -0.25) is 4.90 Å². The molecule has 2 rings (SSSR count). The van der Waals surface area contributed by atoms with Gasteiger partial charge in [0.2, 0.25) is 0 Å². The zero-order valence-corrected chi connectivity index (χ0v) is 17.9. The van der Waals surface area contributed by atoms with Crippen molar-refractivity contribution in [1.29, 1.82) is 0 Å². The van der Waals surface area contributed by atoms with E-state index < -0.39 is 12.2 Å². The lowest BCUT2D eigenvalue weighted by Gasteiger charge is -2.37. The Morgan fingerprint density at radius 1 is 1.09 bits per heavy atom. The maximum Gasteiger partial charge on any atom is 0.408 e. The molecule has 1 heterocycles. The Balaban J connectivity index is 0.00000242. The lowest BCUT2D eigenvalue weighted by molar-refractivity contribution is -0.188. The highest BCUT2D eigenvalue weighted by Gasteiger charge is 2.47. The summed E-state index contributed by atoms with van der Waals surface area (Å²) in [4.78, 5) is 1.37. The maximum atomic E-state index is 13.6. The Labute approximate surface area is 169 Å². The molecule has 0 amide bonds. The molecule has 11 heteroatoms. The van der Waals surface area contributed by atoms with Gasteiger partial charge in [-0.25, -0.2) is 0 Å². The van der Waals surface area contributed by atoms with Gasteiger partial charge in [-0.2, -0.15) is 13.2 Å². The van der Waals surface area contributed by atoms with Crippen molar-refractivity contribution in [3.8, 4) is 5.75 Å². The number of rotatable bonds is 2. The molecule has 134 valence electrons. The summed E-state index contributed by atoms with van der Waals surface area (Å²) in [6.45, 7) is 1.59. The molecule has 1 aromatic rings. The Bertz CT molecular complexity index is 543. The Morgan fingerprint density at radius 2 is 1.61 bits per heavy atom. The summed E-state index contributed by atoms with van der Waals surface area (Å²) >= 11 is 9.38. The molecule has 1 aliphatic heterocycles. The number of phenolic OH excluding ortho intramolecular Hbond substituents is 1. The van der Waals surface area contributed by atoms with Gasteiger partial charge in [-0.05, 0) is 37.9 Å². The minimum atomic E-state index is -4.44. The predicted octanol–water partition coefficient (Wildman–Crippen LogP) is 5.03. The van der Waals surface area contributed by atoms with Crippen molar-refractivity contribution in [3.05, 3.63) is 25.0 Å². The van der Waals surface area contributed by atoms with E-state index in [0.717, 1.165) is 0 Å². The summed E-state index contributed by atoms with van der Waals surface area (Å²) in [5.74, 6) is -0.238. The second-order valence-electron chi connectivity index (χ2n) is 4.65. The standard InChI is InChI=1S/C12H12Br3F3N2O.2ClH/c13-6-5-7(14)10(21)9(15)8(6)11(12(16,17)18)20-3-1-19-2-4-20;;/h5,11,19,21H,1-4H2;2*1H/t11-;;/m1../s1. The first-order valence-electron chi connectivity index (χ1n) is 6.11. The molecule has 1 fully saturated rings. The van der Waals surface area contributed by atoms with E-state index in [4.69, 9.17) is 0 Å². The van der Waals surface area contributed by atoms with E-state index in [-0.39, 0.29) is 40.6 Å². The first kappa shape index (κ1) is 23.8. The smallest absolute Gasteiger partial charge is 0.408 e. The van der Waals surface area contributed by atoms with Crippen LogP contribution in [-0.4, -0.2) is 42.4 Å². The first-order valence-corrected chi connectivity index (χ1v) is 8.49. The largest absolute Gasteiger partial charge is 0.506 e. The van der Waals surface area contributed by atoms with E-state index >= 15 is 0 Å². The van der Waals surface area contributed by atoms with Crippen LogP contribution in [-0.2, 0) is 0 Å². The van der Waals surface area contributed by atoms with Crippen LogP contribution in [0, 0.1) is 0 Å². The molecule has 0 unspecified atom stereocenters.